The maximum Gasteiger partial charge on any atom is 0.349 e. The molecule has 1 fully saturated rings. The molecule has 2 aromatic heterocycles. The third kappa shape index (κ3) is 4.15. The molecule has 30 heavy (non-hydrogen) atoms. The lowest BCUT2D eigenvalue weighted by molar-refractivity contribution is -0.130. The maximum absolute atomic E-state index is 13.0. The zero-order chi connectivity index (χ0) is 21.3. The molecule has 0 spiro atoms. The Kier molecular flexibility index (Phi) is 6.22. The highest BCUT2D eigenvalue weighted by Crippen LogP contribution is 2.29. The van der Waals surface area contributed by atoms with E-state index < -0.39 is 12.1 Å². The van der Waals surface area contributed by atoms with Crippen LogP contribution in [0.25, 0.3) is 10.2 Å². The van der Waals surface area contributed by atoms with Crippen LogP contribution in [0.3, 0.4) is 0 Å². The fraction of sp³-hybridized carbons (Fsp3) is 0.636. The smallest absolute Gasteiger partial charge is 0.349 e. The summed E-state index contributed by atoms with van der Waals surface area (Å²) >= 11 is 1.18. The van der Waals surface area contributed by atoms with Gasteiger partial charge in [0.2, 0.25) is 0 Å². The predicted octanol–water partition coefficient (Wildman–Crippen LogP) is 3.49. The molecule has 0 aromatic carbocycles. The van der Waals surface area contributed by atoms with Gasteiger partial charge in [-0.15, -0.1) is 11.3 Å². The molecule has 1 amide bonds. The summed E-state index contributed by atoms with van der Waals surface area (Å²) in [6.07, 6.45) is 8.36. The Morgan fingerprint density at radius 3 is 2.67 bits per heavy atom. The van der Waals surface area contributed by atoms with E-state index in [-0.39, 0.29) is 17.5 Å². The van der Waals surface area contributed by atoms with Crippen LogP contribution in [-0.4, -0.2) is 33.6 Å². The van der Waals surface area contributed by atoms with E-state index in [0.717, 1.165) is 57.2 Å². The number of nitrogens with one attached hydrogen (secondary N) is 1. The number of hydrogen-bond donors (Lipinski definition) is 1. The number of ether oxygens (including phenoxy) is 1. The first kappa shape index (κ1) is 21.0. The van der Waals surface area contributed by atoms with Crippen LogP contribution in [-0.2, 0) is 22.5 Å². The lowest BCUT2D eigenvalue weighted by Gasteiger charge is -2.24. The Balaban J connectivity index is 1.53. The summed E-state index contributed by atoms with van der Waals surface area (Å²) in [5.74, 6) is -0.0355. The van der Waals surface area contributed by atoms with Crippen molar-refractivity contribution in [1.29, 1.82) is 0 Å². The van der Waals surface area contributed by atoms with Gasteiger partial charge in [0.1, 0.15) is 15.5 Å². The van der Waals surface area contributed by atoms with Gasteiger partial charge in [-0.05, 0) is 45.1 Å². The Bertz CT molecular complexity index is 1020. The summed E-state index contributed by atoms with van der Waals surface area (Å²) in [7, 11) is 0. The molecule has 162 valence electrons. The zero-order valence-electron chi connectivity index (χ0n) is 17.7. The molecule has 1 aliphatic heterocycles. The van der Waals surface area contributed by atoms with Gasteiger partial charge in [-0.25, -0.2) is 9.78 Å². The van der Waals surface area contributed by atoms with Crippen LogP contribution in [0.4, 0.5) is 0 Å². The lowest BCUT2D eigenvalue weighted by atomic mass is 9.95. The van der Waals surface area contributed by atoms with Crippen LogP contribution in [0.1, 0.15) is 79.3 Å². The summed E-state index contributed by atoms with van der Waals surface area (Å²) in [4.78, 5) is 43.9. The Hall–Kier alpha value is -2.22. The minimum absolute atomic E-state index is 0.0761. The number of nitrogens with zero attached hydrogens (tertiary/aromatic N) is 2. The van der Waals surface area contributed by atoms with Crippen molar-refractivity contribution in [3.63, 3.8) is 0 Å². The minimum atomic E-state index is -0.880. The van der Waals surface area contributed by atoms with Crippen LogP contribution in [0, 0.1) is 6.92 Å². The predicted molar refractivity (Wildman–Crippen MR) is 116 cm³/mol. The highest BCUT2D eigenvalue weighted by atomic mass is 32.1. The summed E-state index contributed by atoms with van der Waals surface area (Å²) in [6, 6.07) is 0.165. The monoisotopic (exact) mass is 431 g/mol. The molecule has 1 unspecified atom stereocenters. The number of carbonyl (C=O) groups excluding carboxylic acids is 2. The van der Waals surface area contributed by atoms with E-state index in [9.17, 15) is 14.4 Å². The molecule has 0 bridgehead atoms. The Morgan fingerprint density at radius 2 is 1.90 bits per heavy atom. The van der Waals surface area contributed by atoms with E-state index in [2.05, 4.69) is 10.3 Å². The van der Waals surface area contributed by atoms with Gasteiger partial charge in [0.15, 0.2) is 6.10 Å². The molecule has 1 atom stereocenters. The molecule has 1 N–H and O–H groups in total. The summed E-state index contributed by atoms with van der Waals surface area (Å²) in [6.45, 7) is 4.02. The number of rotatable bonds is 4. The van der Waals surface area contributed by atoms with Crippen LogP contribution in [0.2, 0.25) is 0 Å². The highest BCUT2D eigenvalue weighted by molar-refractivity contribution is 7.20. The van der Waals surface area contributed by atoms with Crippen LogP contribution in [0.15, 0.2) is 4.79 Å². The largest absolute Gasteiger partial charge is 0.448 e. The standard InChI is InChI=1S/C22H29N3O4S/c1-13-17-20(24-16-11-7-4-8-12-25(16)21(17)27)30-18(13)22(28)29-14(2)19(26)23-15-9-5-3-6-10-15/h14-15H,3-12H2,1-2H3,(H,23,26). The Morgan fingerprint density at radius 1 is 1.17 bits per heavy atom. The molecule has 2 aliphatic rings. The van der Waals surface area contributed by atoms with Gasteiger partial charge in [0.25, 0.3) is 11.5 Å². The number of aryl methyl sites for hydroxylation is 2. The van der Waals surface area contributed by atoms with Crippen LogP contribution < -0.4 is 10.9 Å². The summed E-state index contributed by atoms with van der Waals surface area (Å²) in [5, 5.41) is 3.49. The van der Waals surface area contributed by atoms with E-state index in [1.165, 1.54) is 17.8 Å². The second-order valence-corrected chi connectivity index (χ2v) is 9.42. The quantitative estimate of drug-likeness (QED) is 0.749. The summed E-state index contributed by atoms with van der Waals surface area (Å²) in [5.41, 5.74) is 0.518. The topological polar surface area (TPSA) is 90.3 Å². The SMILES string of the molecule is Cc1c(C(=O)OC(C)C(=O)NC2CCCCC2)sc2nc3n(c(=O)c12)CCCCC3. The van der Waals surface area contributed by atoms with Gasteiger partial charge >= 0.3 is 5.97 Å². The van der Waals surface area contributed by atoms with Gasteiger partial charge in [-0.1, -0.05) is 25.7 Å². The van der Waals surface area contributed by atoms with Crippen molar-refractivity contribution in [1.82, 2.24) is 14.9 Å². The van der Waals surface area contributed by atoms with Gasteiger partial charge in [-0.3, -0.25) is 14.2 Å². The van der Waals surface area contributed by atoms with Crippen LogP contribution >= 0.6 is 11.3 Å². The second kappa shape index (κ2) is 8.88. The van der Waals surface area contributed by atoms with Gasteiger partial charge in [0.05, 0.1) is 5.39 Å². The third-order valence-corrected chi connectivity index (χ3v) is 7.37. The molecule has 2 aromatic rings. The molecule has 4 rings (SSSR count). The minimum Gasteiger partial charge on any atom is -0.448 e. The Labute approximate surface area is 179 Å². The number of aromatic nitrogens is 2. The molecule has 3 heterocycles. The molecular formula is C22H29N3O4S. The fourth-order valence-electron chi connectivity index (χ4n) is 4.44. The number of hydrogen-bond acceptors (Lipinski definition) is 6. The van der Waals surface area contributed by atoms with E-state index in [1.54, 1.807) is 18.4 Å². The van der Waals surface area contributed by atoms with Crippen LogP contribution in [0.5, 0.6) is 0 Å². The third-order valence-electron chi connectivity index (χ3n) is 6.20. The summed E-state index contributed by atoms with van der Waals surface area (Å²) < 4.78 is 7.21. The fourth-order valence-corrected chi connectivity index (χ4v) is 5.51. The van der Waals surface area contributed by atoms with Gasteiger partial charge < -0.3 is 10.1 Å². The second-order valence-electron chi connectivity index (χ2n) is 8.42. The van der Waals surface area contributed by atoms with Crippen molar-refractivity contribution >= 4 is 33.4 Å². The van der Waals surface area contributed by atoms with Crippen molar-refractivity contribution in [2.75, 3.05) is 0 Å². The average molecular weight is 432 g/mol. The van der Waals surface area contributed by atoms with E-state index in [4.69, 9.17) is 4.74 Å². The number of carbonyl (C=O) groups is 2. The molecule has 0 saturated heterocycles. The number of thiophene rings is 1. The highest BCUT2D eigenvalue weighted by Gasteiger charge is 2.27. The molecule has 1 aliphatic carbocycles. The zero-order valence-corrected chi connectivity index (χ0v) is 18.5. The average Bonchev–Trinajstić information content (AvgIpc) is 2.90. The number of esters is 1. The normalized spacial score (nSPS) is 18.5. The van der Waals surface area contributed by atoms with E-state index in [1.807, 2.05) is 0 Å². The first-order chi connectivity index (χ1) is 14.5. The maximum atomic E-state index is 13.0. The van der Waals surface area contributed by atoms with E-state index >= 15 is 0 Å². The van der Waals surface area contributed by atoms with Gasteiger partial charge in [0, 0.05) is 19.0 Å². The van der Waals surface area contributed by atoms with Crippen molar-refractivity contribution in [3.8, 4) is 0 Å². The van der Waals surface area contributed by atoms with Crippen molar-refractivity contribution in [3.05, 3.63) is 26.6 Å². The first-order valence-corrected chi connectivity index (χ1v) is 11.8. The van der Waals surface area contributed by atoms with E-state index in [0.29, 0.717) is 27.2 Å². The lowest BCUT2D eigenvalue weighted by Crippen LogP contribution is -2.42. The first-order valence-electron chi connectivity index (χ1n) is 11.0. The molecule has 1 saturated carbocycles. The molecular weight excluding hydrogens is 402 g/mol. The molecule has 8 heteroatoms. The van der Waals surface area contributed by atoms with Crippen molar-refractivity contribution in [2.24, 2.45) is 0 Å². The molecule has 7 nitrogen and oxygen atoms in total. The number of amides is 1. The van der Waals surface area contributed by atoms with Crippen molar-refractivity contribution < 1.29 is 14.3 Å². The van der Waals surface area contributed by atoms with Gasteiger partial charge in [-0.2, -0.15) is 0 Å². The molecule has 0 radical (unpaired) electrons. The van der Waals surface area contributed by atoms with Crippen molar-refractivity contribution in [2.45, 2.75) is 90.3 Å². The number of fused-ring (bicyclic) bond motifs is 2.